The fraction of sp³-hybridized carbons (Fsp3) is 0.385. The van der Waals surface area contributed by atoms with E-state index in [1.165, 1.54) is 0 Å². The number of fused-ring (bicyclic) bond motifs is 1. The fourth-order valence-electron chi connectivity index (χ4n) is 1.85. The Balaban J connectivity index is 2.41. The molecule has 0 fully saturated rings. The number of carbonyl (C=O) groups is 1. The van der Waals surface area contributed by atoms with E-state index in [4.69, 9.17) is 0 Å². The average molecular weight is 248 g/mol. The van der Waals surface area contributed by atoms with E-state index in [-0.39, 0.29) is 11.2 Å². The first kappa shape index (κ1) is 12.2. The monoisotopic (exact) mass is 248 g/mol. The summed E-state index contributed by atoms with van der Waals surface area (Å²) in [6.07, 6.45) is 3.71. The summed E-state index contributed by atoms with van der Waals surface area (Å²) < 4.78 is 0. The maximum atomic E-state index is 12.2. The molecular weight excluding hydrogens is 232 g/mol. The van der Waals surface area contributed by atoms with Crippen molar-refractivity contribution in [3.63, 3.8) is 0 Å². The van der Waals surface area contributed by atoms with Crippen molar-refractivity contribution in [2.75, 3.05) is 13.6 Å². The summed E-state index contributed by atoms with van der Waals surface area (Å²) >= 11 is 4.45. The highest BCUT2D eigenvalue weighted by molar-refractivity contribution is 7.81. The first-order valence-electron chi connectivity index (χ1n) is 5.75. The molecule has 1 aliphatic heterocycles. The first-order chi connectivity index (χ1) is 8.18. The highest BCUT2D eigenvalue weighted by atomic mass is 32.1. The van der Waals surface area contributed by atoms with Crippen LogP contribution in [0.25, 0.3) is 0 Å². The fourth-order valence-corrected chi connectivity index (χ4v) is 2.10. The van der Waals surface area contributed by atoms with Crippen LogP contribution in [0.15, 0.2) is 29.3 Å². The lowest BCUT2D eigenvalue weighted by molar-refractivity contribution is 0.0794. The molecule has 1 unspecified atom stereocenters. The molecule has 90 valence electrons. The highest BCUT2D eigenvalue weighted by Gasteiger charge is 2.16. The van der Waals surface area contributed by atoms with Crippen LogP contribution in [-0.4, -0.2) is 35.9 Å². The largest absolute Gasteiger partial charge is 0.342 e. The van der Waals surface area contributed by atoms with E-state index in [1.807, 2.05) is 37.5 Å². The third kappa shape index (κ3) is 2.88. The third-order valence-electron chi connectivity index (χ3n) is 2.86. The van der Waals surface area contributed by atoms with Crippen LogP contribution in [-0.2, 0) is 0 Å². The van der Waals surface area contributed by atoms with Gasteiger partial charge in [-0.25, -0.2) is 0 Å². The SMILES string of the molecule is CN1CCCC(S)C=Nc2ccccc2C1=O. The maximum absolute atomic E-state index is 12.2. The number of aliphatic imine (C=N–C) groups is 1. The molecule has 17 heavy (non-hydrogen) atoms. The van der Waals surface area contributed by atoms with Crippen molar-refractivity contribution >= 4 is 30.4 Å². The summed E-state index contributed by atoms with van der Waals surface area (Å²) in [7, 11) is 1.83. The molecule has 0 aromatic heterocycles. The van der Waals surface area contributed by atoms with E-state index in [2.05, 4.69) is 17.6 Å². The lowest BCUT2D eigenvalue weighted by Gasteiger charge is -2.19. The molecule has 0 saturated carbocycles. The van der Waals surface area contributed by atoms with Crippen LogP contribution < -0.4 is 0 Å². The number of benzene rings is 1. The number of carbonyl (C=O) groups excluding carboxylic acids is 1. The molecule has 1 heterocycles. The molecule has 0 saturated heterocycles. The number of nitrogens with zero attached hydrogens (tertiary/aromatic N) is 2. The van der Waals surface area contributed by atoms with Crippen LogP contribution in [0.3, 0.4) is 0 Å². The lowest BCUT2D eigenvalue weighted by Crippen LogP contribution is -2.28. The average Bonchev–Trinajstić information content (AvgIpc) is 2.35. The van der Waals surface area contributed by atoms with E-state index >= 15 is 0 Å². The summed E-state index contributed by atoms with van der Waals surface area (Å²) in [5.41, 5.74) is 1.39. The van der Waals surface area contributed by atoms with Crippen molar-refractivity contribution in [2.45, 2.75) is 18.1 Å². The summed E-state index contributed by atoms with van der Waals surface area (Å²) in [5.74, 6) is 0.0374. The first-order valence-corrected chi connectivity index (χ1v) is 6.27. The van der Waals surface area contributed by atoms with Crippen molar-refractivity contribution in [3.8, 4) is 0 Å². The second-order valence-corrected chi connectivity index (χ2v) is 4.89. The van der Waals surface area contributed by atoms with Gasteiger partial charge in [-0.2, -0.15) is 12.6 Å². The van der Waals surface area contributed by atoms with Crippen molar-refractivity contribution in [1.29, 1.82) is 0 Å². The van der Waals surface area contributed by atoms with E-state index in [9.17, 15) is 4.79 Å². The number of thiol groups is 1. The van der Waals surface area contributed by atoms with Gasteiger partial charge in [0.05, 0.1) is 11.3 Å². The number of para-hydroxylation sites is 1. The molecule has 0 radical (unpaired) electrons. The van der Waals surface area contributed by atoms with Crippen LogP contribution in [0, 0.1) is 0 Å². The Morgan fingerprint density at radius 3 is 3.00 bits per heavy atom. The van der Waals surface area contributed by atoms with Gasteiger partial charge in [0.1, 0.15) is 0 Å². The molecule has 1 aliphatic rings. The van der Waals surface area contributed by atoms with Gasteiger partial charge in [-0.1, -0.05) is 12.1 Å². The second kappa shape index (κ2) is 5.36. The van der Waals surface area contributed by atoms with Gasteiger partial charge in [-0.05, 0) is 25.0 Å². The molecule has 3 nitrogen and oxygen atoms in total. The lowest BCUT2D eigenvalue weighted by atomic mass is 10.1. The highest BCUT2D eigenvalue weighted by Crippen LogP contribution is 2.21. The van der Waals surface area contributed by atoms with E-state index in [0.717, 1.165) is 25.1 Å². The van der Waals surface area contributed by atoms with Crippen LogP contribution in [0.1, 0.15) is 23.2 Å². The summed E-state index contributed by atoms with van der Waals surface area (Å²) in [5, 5.41) is 0.157. The maximum Gasteiger partial charge on any atom is 0.255 e. The molecular formula is C13H16N2OS. The molecule has 0 aliphatic carbocycles. The smallest absolute Gasteiger partial charge is 0.255 e. The zero-order chi connectivity index (χ0) is 12.3. The van der Waals surface area contributed by atoms with Crippen LogP contribution in [0.4, 0.5) is 5.69 Å². The Morgan fingerprint density at radius 1 is 1.41 bits per heavy atom. The number of rotatable bonds is 0. The zero-order valence-electron chi connectivity index (χ0n) is 9.84. The Kier molecular flexibility index (Phi) is 3.84. The number of hydrogen-bond donors (Lipinski definition) is 1. The topological polar surface area (TPSA) is 32.7 Å². The molecule has 1 aromatic carbocycles. The number of hydrogen-bond acceptors (Lipinski definition) is 3. The van der Waals surface area contributed by atoms with Gasteiger partial charge < -0.3 is 4.90 Å². The predicted octanol–water partition coefficient (Wildman–Crippen LogP) is 2.55. The number of amides is 1. The summed E-state index contributed by atoms with van der Waals surface area (Å²) in [4.78, 5) is 18.3. The Hall–Kier alpha value is -1.29. The minimum Gasteiger partial charge on any atom is -0.342 e. The van der Waals surface area contributed by atoms with Crippen LogP contribution in [0.2, 0.25) is 0 Å². The molecule has 4 heteroatoms. The van der Waals surface area contributed by atoms with Crippen molar-refractivity contribution in [3.05, 3.63) is 29.8 Å². The zero-order valence-corrected chi connectivity index (χ0v) is 10.7. The van der Waals surface area contributed by atoms with Crippen molar-refractivity contribution < 1.29 is 4.79 Å². The van der Waals surface area contributed by atoms with E-state index < -0.39 is 0 Å². The van der Waals surface area contributed by atoms with Gasteiger partial charge in [0.15, 0.2) is 0 Å². The summed E-state index contributed by atoms with van der Waals surface area (Å²) in [6, 6.07) is 7.44. The minimum absolute atomic E-state index is 0.0374. The van der Waals surface area contributed by atoms with Gasteiger partial charge in [0, 0.05) is 25.1 Å². The van der Waals surface area contributed by atoms with Gasteiger partial charge in [-0.15, -0.1) is 0 Å². The molecule has 1 amide bonds. The normalized spacial score (nSPS) is 21.2. The molecule has 0 N–H and O–H groups in total. The quantitative estimate of drug-likeness (QED) is 0.703. The van der Waals surface area contributed by atoms with E-state index in [1.54, 1.807) is 4.90 Å². The van der Waals surface area contributed by atoms with Gasteiger partial charge >= 0.3 is 0 Å². The van der Waals surface area contributed by atoms with E-state index in [0.29, 0.717) is 5.56 Å². The molecule has 2 rings (SSSR count). The second-order valence-electron chi connectivity index (χ2n) is 4.23. The molecule has 0 bridgehead atoms. The third-order valence-corrected chi connectivity index (χ3v) is 3.25. The van der Waals surface area contributed by atoms with Crippen LogP contribution in [0.5, 0.6) is 0 Å². The molecule has 1 atom stereocenters. The molecule has 1 aromatic rings. The Morgan fingerprint density at radius 2 is 2.18 bits per heavy atom. The van der Waals surface area contributed by atoms with Gasteiger partial charge in [-0.3, -0.25) is 9.79 Å². The van der Waals surface area contributed by atoms with Crippen molar-refractivity contribution in [2.24, 2.45) is 4.99 Å². The molecule has 0 spiro atoms. The summed E-state index contributed by atoms with van der Waals surface area (Å²) in [6.45, 7) is 0.762. The predicted molar refractivity (Wildman–Crippen MR) is 73.6 cm³/mol. The van der Waals surface area contributed by atoms with Gasteiger partial charge in [0.25, 0.3) is 5.91 Å². The Bertz CT molecular complexity index is 445. The van der Waals surface area contributed by atoms with Crippen molar-refractivity contribution in [1.82, 2.24) is 4.90 Å². The standard InChI is InChI=1S/C13H16N2OS/c1-15-8-4-5-10(17)9-14-12-7-3-2-6-11(12)13(15)16/h2-3,6-7,9-10,17H,4-5,8H2,1H3. The van der Waals surface area contributed by atoms with Crippen LogP contribution >= 0.6 is 12.6 Å². The minimum atomic E-state index is 0.0374. The van der Waals surface area contributed by atoms with Gasteiger partial charge in [0.2, 0.25) is 0 Å². The Labute approximate surface area is 107 Å².